The first kappa shape index (κ1) is 13.9. The van der Waals surface area contributed by atoms with Crippen molar-refractivity contribution in [2.75, 3.05) is 12.4 Å². The van der Waals surface area contributed by atoms with Gasteiger partial charge in [0.25, 0.3) is 0 Å². The van der Waals surface area contributed by atoms with Crippen LogP contribution in [-0.2, 0) is 0 Å². The molecule has 20 heavy (non-hydrogen) atoms. The monoisotopic (exact) mass is 270 g/mol. The highest BCUT2D eigenvalue weighted by Crippen LogP contribution is 2.17. The molecule has 0 fully saturated rings. The SMILES string of the molecule is COc1ccc([C@@H](C)NC(=O)Nc2ccccc2)cc1. The highest BCUT2D eigenvalue weighted by Gasteiger charge is 2.09. The lowest BCUT2D eigenvalue weighted by Crippen LogP contribution is -2.31. The van der Waals surface area contributed by atoms with E-state index in [4.69, 9.17) is 4.74 Å². The van der Waals surface area contributed by atoms with E-state index in [-0.39, 0.29) is 12.1 Å². The lowest BCUT2D eigenvalue weighted by Gasteiger charge is -2.15. The number of urea groups is 1. The first-order chi connectivity index (χ1) is 9.69. The minimum atomic E-state index is -0.223. The Morgan fingerprint density at radius 3 is 2.30 bits per heavy atom. The van der Waals surface area contributed by atoms with Gasteiger partial charge in [0, 0.05) is 5.69 Å². The molecule has 0 unspecified atom stereocenters. The molecule has 0 saturated heterocycles. The summed E-state index contributed by atoms with van der Waals surface area (Å²) in [4.78, 5) is 11.9. The lowest BCUT2D eigenvalue weighted by atomic mass is 10.1. The number of hydrogen-bond acceptors (Lipinski definition) is 2. The van der Waals surface area contributed by atoms with Gasteiger partial charge in [-0.25, -0.2) is 4.79 Å². The number of carbonyl (C=O) groups excluding carboxylic acids is 1. The molecule has 2 aromatic carbocycles. The van der Waals surface area contributed by atoms with Crippen LogP contribution in [0.1, 0.15) is 18.5 Å². The fourth-order valence-electron chi connectivity index (χ4n) is 1.86. The van der Waals surface area contributed by atoms with Crippen molar-refractivity contribution in [3.05, 3.63) is 60.2 Å². The Morgan fingerprint density at radius 1 is 1.05 bits per heavy atom. The minimum absolute atomic E-state index is 0.0791. The van der Waals surface area contributed by atoms with E-state index in [0.717, 1.165) is 17.0 Å². The Labute approximate surface area is 118 Å². The lowest BCUT2D eigenvalue weighted by molar-refractivity contribution is 0.249. The highest BCUT2D eigenvalue weighted by atomic mass is 16.5. The van der Waals surface area contributed by atoms with Crippen LogP contribution in [0.4, 0.5) is 10.5 Å². The normalized spacial score (nSPS) is 11.5. The van der Waals surface area contributed by atoms with Crippen LogP contribution in [0.5, 0.6) is 5.75 Å². The van der Waals surface area contributed by atoms with E-state index in [2.05, 4.69) is 10.6 Å². The summed E-state index contributed by atoms with van der Waals surface area (Å²) in [5, 5.41) is 5.68. The van der Waals surface area contributed by atoms with Gasteiger partial charge in [-0.3, -0.25) is 0 Å². The molecule has 0 aromatic heterocycles. The van der Waals surface area contributed by atoms with Crippen LogP contribution in [0.25, 0.3) is 0 Å². The number of hydrogen-bond donors (Lipinski definition) is 2. The average molecular weight is 270 g/mol. The summed E-state index contributed by atoms with van der Waals surface area (Å²) in [5.41, 5.74) is 1.79. The highest BCUT2D eigenvalue weighted by molar-refractivity contribution is 5.89. The van der Waals surface area contributed by atoms with Crippen LogP contribution >= 0.6 is 0 Å². The second kappa shape index (κ2) is 6.61. The topological polar surface area (TPSA) is 50.4 Å². The van der Waals surface area contributed by atoms with Crippen LogP contribution < -0.4 is 15.4 Å². The fraction of sp³-hybridized carbons (Fsp3) is 0.188. The molecule has 0 aliphatic heterocycles. The van der Waals surface area contributed by atoms with Crippen molar-refractivity contribution in [2.24, 2.45) is 0 Å². The maximum atomic E-state index is 11.9. The van der Waals surface area contributed by atoms with Gasteiger partial charge in [-0.15, -0.1) is 0 Å². The summed E-state index contributed by atoms with van der Waals surface area (Å²) in [6.45, 7) is 1.94. The predicted molar refractivity (Wildman–Crippen MR) is 80.0 cm³/mol. The van der Waals surface area contributed by atoms with Crippen LogP contribution in [0, 0.1) is 0 Å². The zero-order chi connectivity index (χ0) is 14.4. The number of para-hydroxylation sites is 1. The zero-order valence-electron chi connectivity index (χ0n) is 11.6. The molecule has 2 rings (SSSR count). The maximum Gasteiger partial charge on any atom is 0.319 e. The fourth-order valence-corrected chi connectivity index (χ4v) is 1.86. The maximum absolute atomic E-state index is 11.9. The van der Waals surface area contributed by atoms with E-state index in [1.165, 1.54) is 0 Å². The summed E-state index contributed by atoms with van der Waals surface area (Å²) in [5.74, 6) is 0.801. The van der Waals surface area contributed by atoms with Crippen molar-refractivity contribution >= 4 is 11.7 Å². The smallest absolute Gasteiger partial charge is 0.319 e. The van der Waals surface area contributed by atoms with E-state index in [1.807, 2.05) is 61.5 Å². The molecule has 0 bridgehead atoms. The quantitative estimate of drug-likeness (QED) is 0.892. The van der Waals surface area contributed by atoms with Crippen LogP contribution in [-0.4, -0.2) is 13.1 Å². The summed E-state index contributed by atoms with van der Waals surface area (Å²) >= 11 is 0. The number of anilines is 1. The number of carbonyl (C=O) groups is 1. The summed E-state index contributed by atoms with van der Waals surface area (Å²) in [6, 6.07) is 16.7. The molecule has 0 spiro atoms. The Bertz CT molecular complexity index is 552. The summed E-state index contributed by atoms with van der Waals surface area (Å²) < 4.78 is 5.11. The van der Waals surface area contributed by atoms with Gasteiger partial charge in [0.15, 0.2) is 0 Å². The molecular weight excluding hydrogens is 252 g/mol. The first-order valence-electron chi connectivity index (χ1n) is 6.45. The van der Waals surface area contributed by atoms with E-state index in [1.54, 1.807) is 7.11 Å². The van der Waals surface area contributed by atoms with Gasteiger partial charge in [-0.1, -0.05) is 30.3 Å². The van der Waals surface area contributed by atoms with E-state index < -0.39 is 0 Å². The number of benzene rings is 2. The molecule has 104 valence electrons. The van der Waals surface area contributed by atoms with Crippen molar-refractivity contribution < 1.29 is 9.53 Å². The Balaban J connectivity index is 1.93. The molecule has 0 heterocycles. The van der Waals surface area contributed by atoms with Gasteiger partial charge in [0.05, 0.1) is 13.2 Å². The van der Waals surface area contributed by atoms with Crippen LogP contribution in [0.2, 0.25) is 0 Å². The molecule has 2 N–H and O–H groups in total. The van der Waals surface area contributed by atoms with Crippen molar-refractivity contribution in [2.45, 2.75) is 13.0 Å². The number of ether oxygens (including phenoxy) is 1. The molecule has 0 aliphatic carbocycles. The molecule has 1 atom stereocenters. The number of methoxy groups -OCH3 is 1. The van der Waals surface area contributed by atoms with Crippen LogP contribution in [0.3, 0.4) is 0 Å². The average Bonchev–Trinajstić information content (AvgIpc) is 2.48. The molecule has 0 aliphatic rings. The van der Waals surface area contributed by atoms with E-state index in [9.17, 15) is 4.79 Å². The van der Waals surface area contributed by atoms with E-state index in [0.29, 0.717) is 0 Å². The van der Waals surface area contributed by atoms with Gasteiger partial charge in [-0.05, 0) is 36.8 Å². The van der Waals surface area contributed by atoms with Crippen molar-refractivity contribution in [1.29, 1.82) is 0 Å². The van der Waals surface area contributed by atoms with Gasteiger partial charge in [0.1, 0.15) is 5.75 Å². The third-order valence-corrected chi connectivity index (χ3v) is 3.00. The largest absolute Gasteiger partial charge is 0.497 e. The van der Waals surface area contributed by atoms with E-state index >= 15 is 0 Å². The van der Waals surface area contributed by atoms with Gasteiger partial charge in [0.2, 0.25) is 0 Å². The summed E-state index contributed by atoms with van der Waals surface area (Å²) in [6.07, 6.45) is 0. The third kappa shape index (κ3) is 3.75. The molecule has 2 aromatic rings. The predicted octanol–water partition coefficient (Wildman–Crippen LogP) is 3.58. The molecule has 0 radical (unpaired) electrons. The first-order valence-corrected chi connectivity index (χ1v) is 6.45. The Morgan fingerprint density at radius 2 is 1.70 bits per heavy atom. The second-order valence-corrected chi connectivity index (χ2v) is 4.46. The molecule has 0 saturated carbocycles. The molecule has 2 amide bonds. The van der Waals surface area contributed by atoms with Gasteiger partial charge < -0.3 is 15.4 Å². The number of amides is 2. The minimum Gasteiger partial charge on any atom is -0.497 e. The third-order valence-electron chi connectivity index (χ3n) is 3.00. The van der Waals surface area contributed by atoms with Crippen molar-refractivity contribution in [3.63, 3.8) is 0 Å². The Kier molecular flexibility index (Phi) is 4.60. The molecular formula is C16H18N2O2. The zero-order valence-corrected chi connectivity index (χ0v) is 11.6. The number of rotatable bonds is 4. The van der Waals surface area contributed by atoms with Crippen LogP contribution in [0.15, 0.2) is 54.6 Å². The summed E-state index contributed by atoms with van der Waals surface area (Å²) in [7, 11) is 1.63. The second-order valence-electron chi connectivity index (χ2n) is 4.46. The van der Waals surface area contributed by atoms with Gasteiger partial charge in [-0.2, -0.15) is 0 Å². The number of nitrogens with one attached hydrogen (secondary N) is 2. The van der Waals surface area contributed by atoms with Crippen molar-refractivity contribution in [1.82, 2.24) is 5.32 Å². The standard InChI is InChI=1S/C16H18N2O2/c1-12(13-8-10-15(20-2)11-9-13)17-16(19)18-14-6-4-3-5-7-14/h3-12H,1-2H3,(H2,17,18,19)/t12-/m1/s1. The van der Waals surface area contributed by atoms with Gasteiger partial charge >= 0.3 is 6.03 Å². The Hall–Kier alpha value is -2.49. The van der Waals surface area contributed by atoms with Crippen molar-refractivity contribution in [3.8, 4) is 5.75 Å². The molecule has 4 nitrogen and oxygen atoms in total. The molecule has 4 heteroatoms.